The van der Waals surface area contributed by atoms with E-state index in [1.807, 2.05) is 0 Å². The molecule has 0 saturated carbocycles. The van der Waals surface area contributed by atoms with E-state index in [0.717, 1.165) is 25.1 Å². The molecule has 1 unspecified atom stereocenters. The van der Waals surface area contributed by atoms with Crippen molar-refractivity contribution < 1.29 is 17.7 Å². The summed E-state index contributed by atoms with van der Waals surface area (Å²) >= 11 is 0. The smallest absolute Gasteiger partial charge is 0.294 e. The molecule has 0 amide bonds. The van der Waals surface area contributed by atoms with Crippen molar-refractivity contribution in [3.63, 3.8) is 0 Å². The monoisotopic (exact) mass is 257 g/mol. The predicted octanol–water partition coefficient (Wildman–Crippen LogP) is 1.52. The van der Waals surface area contributed by atoms with Crippen LogP contribution in [0.25, 0.3) is 0 Å². The second-order valence-corrected chi connectivity index (χ2v) is 5.44. The number of ether oxygens (including phenoxy) is 1. The first-order chi connectivity index (χ1) is 8.05. The average Bonchev–Trinajstić information content (AvgIpc) is 2.78. The first kappa shape index (κ1) is 12.3. The molecule has 6 heteroatoms. The van der Waals surface area contributed by atoms with Crippen molar-refractivity contribution in [2.75, 3.05) is 18.5 Å². The van der Waals surface area contributed by atoms with E-state index >= 15 is 0 Å². The average molecular weight is 257 g/mol. The van der Waals surface area contributed by atoms with Crippen LogP contribution in [0.3, 0.4) is 0 Å². The SMILES string of the molecule is O=S(=O)(O)c1ccc(NCC2CCCO2)cc1. The van der Waals surface area contributed by atoms with E-state index in [1.54, 1.807) is 12.1 Å². The Bertz CT molecular complexity index is 463. The summed E-state index contributed by atoms with van der Waals surface area (Å²) in [5.41, 5.74) is 0.813. The van der Waals surface area contributed by atoms with Crippen molar-refractivity contribution in [2.45, 2.75) is 23.8 Å². The van der Waals surface area contributed by atoms with Crippen LogP contribution in [-0.4, -0.2) is 32.2 Å². The summed E-state index contributed by atoms with van der Waals surface area (Å²) in [6.45, 7) is 1.53. The minimum atomic E-state index is -4.10. The molecule has 1 saturated heterocycles. The second kappa shape index (κ2) is 5.03. The first-order valence-corrected chi connectivity index (χ1v) is 6.93. The van der Waals surface area contributed by atoms with Gasteiger partial charge in [-0.3, -0.25) is 4.55 Å². The Balaban J connectivity index is 1.94. The molecule has 17 heavy (non-hydrogen) atoms. The lowest BCUT2D eigenvalue weighted by Gasteiger charge is -2.11. The summed E-state index contributed by atoms with van der Waals surface area (Å²) in [5.74, 6) is 0. The standard InChI is InChI=1S/C11H15NO4S/c13-17(14,15)11-5-3-9(4-6-11)12-8-10-2-1-7-16-10/h3-6,10,12H,1-2,7-8H2,(H,13,14,15). The van der Waals surface area contributed by atoms with E-state index < -0.39 is 10.1 Å². The quantitative estimate of drug-likeness (QED) is 0.800. The molecule has 0 bridgehead atoms. The van der Waals surface area contributed by atoms with Gasteiger partial charge >= 0.3 is 0 Å². The van der Waals surface area contributed by atoms with Gasteiger partial charge in [0.2, 0.25) is 0 Å². The molecule has 5 nitrogen and oxygen atoms in total. The van der Waals surface area contributed by atoms with Gasteiger partial charge in [-0.15, -0.1) is 0 Å². The summed E-state index contributed by atoms with van der Waals surface area (Å²) < 4.78 is 35.9. The van der Waals surface area contributed by atoms with Gasteiger partial charge in [-0.25, -0.2) is 0 Å². The van der Waals surface area contributed by atoms with Gasteiger partial charge in [-0.05, 0) is 37.1 Å². The van der Waals surface area contributed by atoms with E-state index in [9.17, 15) is 8.42 Å². The van der Waals surface area contributed by atoms with Gasteiger partial charge in [-0.1, -0.05) is 0 Å². The highest BCUT2D eigenvalue weighted by Crippen LogP contribution is 2.16. The Hall–Kier alpha value is -1.11. The van der Waals surface area contributed by atoms with Gasteiger partial charge in [0.05, 0.1) is 11.0 Å². The van der Waals surface area contributed by atoms with Crippen molar-refractivity contribution >= 4 is 15.8 Å². The minimum absolute atomic E-state index is 0.0971. The Morgan fingerprint density at radius 1 is 1.35 bits per heavy atom. The van der Waals surface area contributed by atoms with Gasteiger partial charge in [-0.2, -0.15) is 8.42 Å². The van der Waals surface area contributed by atoms with Crippen LogP contribution in [0, 0.1) is 0 Å². The molecule has 2 N–H and O–H groups in total. The molecule has 0 aromatic heterocycles. The van der Waals surface area contributed by atoms with Crippen LogP contribution in [0.2, 0.25) is 0 Å². The van der Waals surface area contributed by atoms with E-state index in [2.05, 4.69) is 5.32 Å². The topological polar surface area (TPSA) is 75.6 Å². The van der Waals surface area contributed by atoms with Crippen molar-refractivity contribution in [1.29, 1.82) is 0 Å². The van der Waals surface area contributed by atoms with Crippen molar-refractivity contribution in [3.05, 3.63) is 24.3 Å². The number of rotatable bonds is 4. The zero-order valence-corrected chi connectivity index (χ0v) is 10.1. The highest BCUT2D eigenvalue weighted by atomic mass is 32.2. The Labute approximate surface area is 101 Å². The minimum Gasteiger partial charge on any atom is -0.382 e. The van der Waals surface area contributed by atoms with Crippen molar-refractivity contribution in [3.8, 4) is 0 Å². The number of anilines is 1. The van der Waals surface area contributed by atoms with Gasteiger partial charge in [0.15, 0.2) is 0 Å². The van der Waals surface area contributed by atoms with Gasteiger partial charge in [0.25, 0.3) is 10.1 Å². The summed E-state index contributed by atoms with van der Waals surface area (Å²) in [5, 5.41) is 3.16. The predicted molar refractivity (Wildman–Crippen MR) is 63.7 cm³/mol. The molecule has 1 aliphatic rings. The summed E-state index contributed by atoms with van der Waals surface area (Å²) in [4.78, 5) is -0.0971. The number of nitrogens with one attached hydrogen (secondary N) is 1. The summed E-state index contributed by atoms with van der Waals surface area (Å²) in [6.07, 6.45) is 2.38. The lowest BCUT2D eigenvalue weighted by molar-refractivity contribution is 0.120. The Morgan fingerprint density at radius 3 is 2.59 bits per heavy atom. The maximum absolute atomic E-state index is 10.8. The fourth-order valence-electron chi connectivity index (χ4n) is 1.78. The zero-order valence-electron chi connectivity index (χ0n) is 9.30. The highest BCUT2D eigenvalue weighted by molar-refractivity contribution is 7.85. The second-order valence-electron chi connectivity index (χ2n) is 4.02. The molecule has 0 radical (unpaired) electrons. The van der Waals surface area contributed by atoms with Crippen LogP contribution in [0.5, 0.6) is 0 Å². The van der Waals surface area contributed by atoms with Crippen LogP contribution in [0.1, 0.15) is 12.8 Å². The van der Waals surface area contributed by atoms with Crippen molar-refractivity contribution in [1.82, 2.24) is 0 Å². The van der Waals surface area contributed by atoms with Crippen molar-refractivity contribution in [2.24, 2.45) is 0 Å². The third-order valence-corrected chi connectivity index (χ3v) is 3.58. The molecule has 0 spiro atoms. The van der Waals surface area contributed by atoms with Gasteiger partial charge in [0.1, 0.15) is 0 Å². The lowest BCUT2D eigenvalue weighted by Crippen LogP contribution is -2.18. The maximum atomic E-state index is 10.8. The molecule has 1 aliphatic heterocycles. The van der Waals surface area contributed by atoms with Crippen LogP contribution < -0.4 is 5.32 Å². The van der Waals surface area contributed by atoms with Gasteiger partial charge in [0, 0.05) is 18.8 Å². The molecule has 1 aromatic carbocycles. The molecular weight excluding hydrogens is 242 g/mol. The molecule has 1 atom stereocenters. The van der Waals surface area contributed by atoms with Crippen LogP contribution in [0.4, 0.5) is 5.69 Å². The zero-order chi connectivity index (χ0) is 12.3. The molecular formula is C11H15NO4S. The Kier molecular flexibility index (Phi) is 3.66. The number of hydrogen-bond acceptors (Lipinski definition) is 4. The van der Waals surface area contributed by atoms with Crippen LogP contribution in [-0.2, 0) is 14.9 Å². The third-order valence-electron chi connectivity index (χ3n) is 2.71. The van der Waals surface area contributed by atoms with E-state index in [-0.39, 0.29) is 11.0 Å². The van der Waals surface area contributed by atoms with Crippen LogP contribution in [0.15, 0.2) is 29.2 Å². The fourth-order valence-corrected chi connectivity index (χ4v) is 2.26. The molecule has 1 heterocycles. The molecule has 2 rings (SSSR count). The first-order valence-electron chi connectivity index (χ1n) is 5.49. The van der Waals surface area contributed by atoms with E-state index in [0.29, 0.717) is 6.54 Å². The Morgan fingerprint density at radius 2 is 2.06 bits per heavy atom. The molecule has 94 valence electrons. The van der Waals surface area contributed by atoms with Gasteiger partial charge < -0.3 is 10.1 Å². The highest BCUT2D eigenvalue weighted by Gasteiger charge is 2.15. The summed E-state index contributed by atoms with van der Waals surface area (Å²) in [6, 6.07) is 5.98. The molecule has 1 aromatic rings. The molecule has 0 aliphatic carbocycles. The van der Waals surface area contributed by atoms with E-state index in [4.69, 9.17) is 9.29 Å². The molecule has 1 fully saturated rings. The number of benzene rings is 1. The third kappa shape index (κ3) is 3.42. The fraction of sp³-hybridized carbons (Fsp3) is 0.455. The van der Waals surface area contributed by atoms with E-state index in [1.165, 1.54) is 12.1 Å². The largest absolute Gasteiger partial charge is 0.382 e. The maximum Gasteiger partial charge on any atom is 0.294 e. The number of hydrogen-bond donors (Lipinski definition) is 2. The summed E-state index contributed by atoms with van der Waals surface area (Å²) in [7, 11) is -4.10. The van der Waals surface area contributed by atoms with Crippen LogP contribution >= 0.6 is 0 Å². The normalized spacial score (nSPS) is 20.4. The lowest BCUT2D eigenvalue weighted by atomic mass is 10.2.